The number of amides is 4. The zero-order valence-electron chi connectivity index (χ0n) is 41.9. The number of hydrogen-bond acceptors (Lipinski definition) is 8. The Balaban J connectivity index is 0.000000166. The minimum Gasteiger partial charge on any atom is -0.454 e. The summed E-state index contributed by atoms with van der Waals surface area (Å²) in [7, 11) is 3.06. The number of H-pyrrole nitrogens is 2. The van der Waals surface area contributed by atoms with Gasteiger partial charge in [0.25, 0.3) is 29.6 Å². The van der Waals surface area contributed by atoms with E-state index in [-0.39, 0.29) is 34.7 Å². The third kappa shape index (κ3) is 9.48. The molecule has 0 radical (unpaired) electrons. The molecule has 0 atom stereocenters. The summed E-state index contributed by atoms with van der Waals surface area (Å²) in [4.78, 5) is 67.2. The maximum atomic E-state index is 13.7. The van der Waals surface area contributed by atoms with E-state index in [4.69, 9.17) is 8.83 Å². The fourth-order valence-electron chi connectivity index (χ4n) is 9.68. The van der Waals surface area contributed by atoms with Crippen molar-refractivity contribution < 1.29 is 45.6 Å². The molecule has 0 saturated heterocycles. The molecule has 1 aliphatic rings. The Bertz CT molecular complexity index is 4140. The first-order valence-corrected chi connectivity index (χ1v) is 24.7. The molecule has 0 bridgehead atoms. The van der Waals surface area contributed by atoms with Gasteiger partial charge >= 0.3 is 0 Å². The molecule has 0 aliphatic heterocycles. The van der Waals surface area contributed by atoms with Crippen molar-refractivity contribution in [1.29, 1.82) is 0 Å². The molecule has 18 heteroatoms. The van der Waals surface area contributed by atoms with Crippen molar-refractivity contribution in [2.24, 2.45) is 0 Å². The summed E-state index contributed by atoms with van der Waals surface area (Å²) in [6, 6.07) is 34.6. The highest BCUT2D eigenvalue weighted by atomic mass is 19.3. The summed E-state index contributed by atoms with van der Waals surface area (Å²) >= 11 is 0. The number of carbonyl (C=O) groups excluding carboxylic acids is 4. The van der Waals surface area contributed by atoms with E-state index in [1.165, 1.54) is 49.5 Å². The molecule has 390 valence electrons. The number of aromatic amines is 2. The van der Waals surface area contributed by atoms with Gasteiger partial charge in [-0.3, -0.25) is 19.2 Å². The van der Waals surface area contributed by atoms with Crippen LogP contribution >= 0.6 is 0 Å². The summed E-state index contributed by atoms with van der Waals surface area (Å²) in [6.45, 7) is -0.0460. The van der Waals surface area contributed by atoms with Crippen molar-refractivity contribution in [3.05, 3.63) is 192 Å². The van der Waals surface area contributed by atoms with Crippen molar-refractivity contribution in [3.8, 4) is 44.9 Å². The summed E-state index contributed by atoms with van der Waals surface area (Å²) in [5.41, 5.74) is 7.34. The normalized spacial score (nSPS) is 12.8. The molecule has 78 heavy (non-hydrogen) atoms. The highest BCUT2D eigenvalue weighted by Crippen LogP contribution is 2.45. The van der Waals surface area contributed by atoms with Gasteiger partial charge in [0.2, 0.25) is 0 Å². The zero-order valence-corrected chi connectivity index (χ0v) is 41.9. The maximum absolute atomic E-state index is 13.7. The molecule has 5 aromatic heterocycles. The van der Waals surface area contributed by atoms with E-state index in [2.05, 4.69) is 41.2 Å². The Labute approximate surface area is 441 Å². The fourth-order valence-corrected chi connectivity index (χ4v) is 9.68. The molecule has 5 heterocycles. The van der Waals surface area contributed by atoms with Crippen LogP contribution in [0.1, 0.15) is 67.0 Å². The fraction of sp³-hybridized carbons (Fsp3) is 0.133. The van der Waals surface area contributed by atoms with Gasteiger partial charge in [0.1, 0.15) is 39.9 Å². The summed E-state index contributed by atoms with van der Waals surface area (Å²) in [5.74, 6) is -4.11. The maximum Gasteiger partial charge on any atom is 0.262 e. The van der Waals surface area contributed by atoms with E-state index in [9.17, 15) is 36.7 Å². The van der Waals surface area contributed by atoms with Gasteiger partial charge in [-0.2, -0.15) is 0 Å². The SMILES string of the molecule is CNC(=O)c1c(-c2ccc(F)cc2)oc2c1cc(-c1cccc(C(=O)NC3(c4ncccn4)CC3)c1)c1[nH]ccc12.CNC(=O)c1c(-c2ccc(F)cc2)oc2c1cc(-c1cccc(C(=O)NCC(C)(F)F)c1)c1[nH]ccc12. The smallest absolute Gasteiger partial charge is 0.262 e. The van der Waals surface area contributed by atoms with E-state index < -0.39 is 29.7 Å². The van der Waals surface area contributed by atoms with Crippen molar-refractivity contribution in [2.75, 3.05) is 20.6 Å². The van der Waals surface area contributed by atoms with Crippen LogP contribution < -0.4 is 21.3 Å². The third-order valence-electron chi connectivity index (χ3n) is 13.6. The number of nitrogens with zero attached hydrogens (tertiary/aromatic N) is 2. The number of halogens is 4. The molecule has 14 nitrogen and oxygen atoms in total. The molecule has 1 aliphatic carbocycles. The standard InChI is InChI=1S/C32H24FN5O3.C28H22F3N3O3/c1-34-30(40)25-24-17-23(26-22(10-15-35-26)28(24)41-27(25)18-6-8-21(33)9-7-18)19-4-2-5-20(16-19)29(39)38-32(11-12-32)31-36-13-3-14-37-31;1-28(30,31)14-34-26(35)17-5-3-4-16(12-17)20-13-21-22(27(36)32-2)24(15-6-8-18(29)9-7-15)37-25(21)19-10-11-33-23(19)20/h2-10,13-17,35H,11-12H2,1H3,(H,34,40)(H,38,39);3-13,33H,14H2,1-2H3,(H,32,36)(H,34,35). The van der Waals surface area contributed by atoms with Crippen LogP contribution in [0.25, 0.3) is 88.6 Å². The van der Waals surface area contributed by atoms with Crippen LogP contribution in [0.15, 0.2) is 161 Å². The largest absolute Gasteiger partial charge is 0.454 e. The second-order valence-electron chi connectivity index (χ2n) is 18.9. The molecular formula is C60H46F4N8O6. The number of fused-ring (bicyclic) bond motifs is 6. The molecule has 6 N–H and O–H groups in total. The Morgan fingerprint density at radius 1 is 0.577 bits per heavy atom. The number of rotatable bonds is 12. The predicted octanol–water partition coefficient (Wildman–Crippen LogP) is 12.1. The lowest BCUT2D eigenvalue weighted by Gasteiger charge is -2.16. The van der Waals surface area contributed by atoms with E-state index in [1.807, 2.05) is 36.4 Å². The highest BCUT2D eigenvalue weighted by Gasteiger charge is 2.48. The van der Waals surface area contributed by atoms with Gasteiger partial charge in [-0.25, -0.2) is 27.5 Å². The van der Waals surface area contributed by atoms with Gasteiger partial charge < -0.3 is 40.1 Å². The van der Waals surface area contributed by atoms with Crippen LogP contribution in [0.5, 0.6) is 0 Å². The summed E-state index contributed by atoms with van der Waals surface area (Å²) in [5, 5.41) is 13.3. The molecule has 12 rings (SSSR count). The second kappa shape index (κ2) is 20.0. The number of benzene rings is 6. The average molecular weight is 1050 g/mol. The van der Waals surface area contributed by atoms with Gasteiger partial charge in [-0.05, 0) is 127 Å². The zero-order chi connectivity index (χ0) is 54.5. The molecule has 0 spiro atoms. The molecule has 0 unspecified atom stereocenters. The van der Waals surface area contributed by atoms with Crippen LogP contribution in [0.3, 0.4) is 0 Å². The molecule has 1 saturated carbocycles. The molecule has 4 amide bonds. The van der Waals surface area contributed by atoms with Gasteiger partial charge in [-0.15, -0.1) is 0 Å². The first-order chi connectivity index (χ1) is 37.6. The van der Waals surface area contributed by atoms with Crippen molar-refractivity contribution in [3.63, 3.8) is 0 Å². The Morgan fingerprint density at radius 2 is 1.04 bits per heavy atom. The summed E-state index contributed by atoms with van der Waals surface area (Å²) < 4.78 is 66.2. The minimum absolute atomic E-state index is 0.214. The molecule has 6 aromatic carbocycles. The average Bonchev–Trinajstić information content (AvgIpc) is 4.10. The lowest BCUT2D eigenvalue weighted by atomic mass is 9.96. The quantitative estimate of drug-likeness (QED) is 0.0649. The van der Waals surface area contributed by atoms with Crippen LogP contribution in [-0.4, -0.2) is 70.1 Å². The predicted molar refractivity (Wildman–Crippen MR) is 288 cm³/mol. The summed E-state index contributed by atoms with van der Waals surface area (Å²) in [6.07, 6.45) is 8.45. The van der Waals surface area contributed by atoms with Crippen molar-refractivity contribution in [2.45, 2.75) is 31.2 Å². The number of aromatic nitrogens is 4. The van der Waals surface area contributed by atoms with Gasteiger partial charge in [0.15, 0.2) is 5.82 Å². The van der Waals surface area contributed by atoms with Gasteiger partial charge in [0, 0.05) is 101 Å². The topological polar surface area (TPSA) is 200 Å². The number of nitrogens with one attached hydrogen (secondary N) is 6. The lowest BCUT2D eigenvalue weighted by Crippen LogP contribution is -2.36. The van der Waals surface area contributed by atoms with Gasteiger partial charge in [0.05, 0.1) is 28.7 Å². The van der Waals surface area contributed by atoms with Crippen molar-refractivity contribution >= 4 is 67.4 Å². The van der Waals surface area contributed by atoms with E-state index in [1.54, 1.807) is 80.4 Å². The minimum atomic E-state index is -3.03. The van der Waals surface area contributed by atoms with Crippen LogP contribution in [0.2, 0.25) is 0 Å². The Kier molecular flexibility index (Phi) is 12.9. The number of furan rings is 2. The van der Waals surface area contributed by atoms with Crippen LogP contribution in [0, 0.1) is 11.6 Å². The van der Waals surface area contributed by atoms with Crippen LogP contribution in [0.4, 0.5) is 17.6 Å². The van der Waals surface area contributed by atoms with E-state index >= 15 is 0 Å². The molecular weight excluding hydrogens is 1000 g/mol. The number of hydrogen-bond donors (Lipinski definition) is 6. The highest BCUT2D eigenvalue weighted by molar-refractivity contribution is 6.21. The monoisotopic (exact) mass is 1050 g/mol. The number of alkyl halides is 2. The van der Waals surface area contributed by atoms with E-state index in [0.29, 0.717) is 83.6 Å². The number of carbonyl (C=O) groups is 4. The third-order valence-corrected chi connectivity index (χ3v) is 13.6. The Morgan fingerprint density at radius 3 is 1.47 bits per heavy atom. The molecule has 11 aromatic rings. The van der Waals surface area contributed by atoms with Crippen molar-refractivity contribution in [1.82, 2.24) is 41.2 Å². The van der Waals surface area contributed by atoms with Gasteiger partial charge in [-0.1, -0.05) is 24.3 Å². The first kappa shape index (κ1) is 50.3. The van der Waals surface area contributed by atoms with Crippen LogP contribution in [-0.2, 0) is 5.54 Å². The molecule has 1 fully saturated rings. The van der Waals surface area contributed by atoms with E-state index in [0.717, 1.165) is 41.8 Å². The first-order valence-electron chi connectivity index (χ1n) is 24.7. The second-order valence-corrected chi connectivity index (χ2v) is 18.9. The Hall–Kier alpha value is -9.84. The lowest BCUT2D eigenvalue weighted by molar-refractivity contribution is 0.0221.